The number of nitrogens with zero attached hydrogens (tertiary/aromatic N) is 1. The lowest BCUT2D eigenvalue weighted by Crippen LogP contribution is -2.38. The van der Waals surface area contributed by atoms with Crippen LogP contribution in [-0.4, -0.2) is 34.9 Å². The topological polar surface area (TPSA) is 40.5 Å². The van der Waals surface area contributed by atoms with Crippen molar-refractivity contribution in [2.75, 3.05) is 12.9 Å². The van der Waals surface area contributed by atoms with Gasteiger partial charge in [0.05, 0.1) is 12.1 Å². The smallest absolute Gasteiger partial charge is 0.222 e. The number of alkyl halides is 1. The number of amides is 1. The van der Waals surface area contributed by atoms with Crippen molar-refractivity contribution in [1.29, 1.82) is 0 Å². The fraction of sp³-hybridized carbons (Fsp3) is 0.533. The number of unbranched alkanes of at least 4 members (excludes halogenated alkanes) is 1. The number of rotatable bonds is 7. The molecule has 106 valence electrons. The van der Waals surface area contributed by atoms with Gasteiger partial charge in [-0.05, 0) is 25.3 Å². The van der Waals surface area contributed by atoms with Crippen LogP contribution in [-0.2, 0) is 4.79 Å². The molecule has 0 aliphatic rings. The molecule has 2 atom stereocenters. The van der Waals surface area contributed by atoms with Crippen molar-refractivity contribution in [3.05, 3.63) is 35.9 Å². The molecule has 0 radical (unpaired) electrons. The highest BCUT2D eigenvalue weighted by molar-refractivity contribution is 6.17. The molecule has 0 saturated carbocycles. The van der Waals surface area contributed by atoms with Gasteiger partial charge in [0, 0.05) is 19.3 Å². The summed E-state index contributed by atoms with van der Waals surface area (Å²) >= 11 is 5.59. The molecule has 3 nitrogen and oxygen atoms in total. The molecule has 0 aromatic heterocycles. The Hall–Kier alpha value is -1.06. The highest BCUT2D eigenvalue weighted by atomic mass is 35.5. The number of hydrogen-bond donors (Lipinski definition) is 1. The first kappa shape index (κ1) is 16.0. The Bertz CT molecular complexity index is 383. The summed E-state index contributed by atoms with van der Waals surface area (Å²) in [5, 5.41) is 10.3. The number of aliphatic hydroxyl groups is 1. The predicted octanol–water partition coefficient (Wildman–Crippen LogP) is 2.98. The molecule has 1 aromatic rings. The number of carbonyl (C=O) groups is 1. The largest absolute Gasteiger partial charge is 0.386 e. The summed E-state index contributed by atoms with van der Waals surface area (Å²) in [5.41, 5.74) is 0.829. The van der Waals surface area contributed by atoms with Crippen molar-refractivity contribution >= 4 is 17.5 Å². The molecular formula is C15H22ClNO2. The summed E-state index contributed by atoms with van der Waals surface area (Å²) in [7, 11) is 1.74. The van der Waals surface area contributed by atoms with Crippen LogP contribution in [0.4, 0.5) is 0 Å². The van der Waals surface area contributed by atoms with E-state index in [0.29, 0.717) is 12.3 Å². The molecule has 0 unspecified atom stereocenters. The fourth-order valence-electron chi connectivity index (χ4n) is 1.91. The van der Waals surface area contributed by atoms with Gasteiger partial charge in [-0.15, -0.1) is 11.6 Å². The predicted molar refractivity (Wildman–Crippen MR) is 78.2 cm³/mol. The number of hydrogen-bond acceptors (Lipinski definition) is 2. The normalized spacial score (nSPS) is 13.9. The minimum atomic E-state index is -0.664. The Morgan fingerprint density at radius 3 is 2.53 bits per heavy atom. The standard InChI is InChI=1S/C15H22ClNO2/c1-12(15(19)13-8-4-3-5-9-13)17(2)14(18)10-6-7-11-16/h3-5,8-9,12,15,19H,6-7,10-11H2,1-2H3/t12-,15+/m1/s1. The van der Waals surface area contributed by atoms with E-state index in [2.05, 4.69) is 0 Å². The van der Waals surface area contributed by atoms with Crippen molar-refractivity contribution < 1.29 is 9.90 Å². The van der Waals surface area contributed by atoms with Crippen molar-refractivity contribution in [3.63, 3.8) is 0 Å². The fourth-order valence-corrected chi connectivity index (χ4v) is 2.10. The highest BCUT2D eigenvalue weighted by Crippen LogP contribution is 2.20. The Balaban J connectivity index is 2.56. The van der Waals surface area contributed by atoms with Crippen LogP contribution in [0, 0.1) is 0 Å². The van der Waals surface area contributed by atoms with Gasteiger partial charge in [-0.2, -0.15) is 0 Å². The molecular weight excluding hydrogens is 262 g/mol. The number of benzene rings is 1. The summed E-state index contributed by atoms with van der Waals surface area (Å²) in [6, 6.07) is 9.16. The van der Waals surface area contributed by atoms with Gasteiger partial charge >= 0.3 is 0 Å². The van der Waals surface area contributed by atoms with Gasteiger partial charge in [-0.25, -0.2) is 0 Å². The number of aliphatic hydroxyl groups excluding tert-OH is 1. The molecule has 1 N–H and O–H groups in total. The van der Waals surface area contributed by atoms with E-state index in [0.717, 1.165) is 18.4 Å². The molecule has 0 fully saturated rings. The lowest BCUT2D eigenvalue weighted by atomic mass is 10.0. The van der Waals surface area contributed by atoms with Gasteiger partial charge in [-0.3, -0.25) is 4.79 Å². The third-order valence-electron chi connectivity index (χ3n) is 3.38. The molecule has 19 heavy (non-hydrogen) atoms. The molecule has 0 heterocycles. The van der Waals surface area contributed by atoms with Crippen LogP contribution in [0.5, 0.6) is 0 Å². The maximum atomic E-state index is 12.0. The summed E-state index contributed by atoms with van der Waals surface area (Å²) in [5.74, 6) is 0.631. The Morgan fingerprint density at radius 2 is 1.95 bits per heavy atom. The van der Waals surface area contributed by atoms with E-state index in [4.69, 9.17) is 11.6 Å². The van der Waals surface area contributed by atoms with Gasteiger partial charge in [0.2, 0.25) is 5.91 Å². The van der Waals surface area contributed by atoms with E-state index in [1.165, 1.54) is 0 Å². The van der Waals surface area contributed by atoms with Crippen LogP contribution in [0.2, 0.25) is 0 Å². The maximum Gasteiger partial charge on any atom is 0.222 e. The van der Waals surface area contributed by atoms with E-state index >= 15 is 0 Å². The zero-order valence-electron chi connectivity index (χ0n) is 11.6. The van der Waals surface area contributed by atoms with E-state index in [1.54, 1.807) is 11.9 Å². The van der Waals surface area contributed by atoms with Gasteiger partial charge in [-0.1, -0.05) is 30.3 Å². The van der Waals surface area contributed by atoms with Crippen LogP contribution in [0.3, 0.4) is 0 Å². The molecule has 0 spiro atoms. The van der Waals surface area contributed by atoms with Crippen LogP contribution in [0.15, 0.2) is 30.3 Å². The molecule has 0 aliphatic carbocycles. The van der Waals surface area contributed by atoms with E-state index in [9.17, 15) is 9.90 Å². The molecule has 1 amide bonds. The number of likely N-dealkylation sites (N-methyl/N-ethyl adjacent to an activating group) is 1. The maximum absolute atomic E-state index is 12.0. The lowest BCUT2D eigenvalue weighted by molar-refractivity contribution is -0.134. The zero-order valence-corrected chi connectivity index (χ0v) is 12.3. The Labute approximate surface area is 120 Å². The van der Waals surface area contributed by atoms with E-state index < -0.39 is 6.10 Å². The molecule has 0 bridgehead atoms. The Morgan fingerprint density at radius 1 is 1.32 bits per heavy atom. The van der Waals surface area contributed by atoms with Crippen LogP contribution in [0.25, 0.3) is 0 Å². The summed E-state index contributed by atoms with van der Waals surface area (Å²) in [6.07, 6.45) is 1.45. The van der Waals surface area contributed by atoms with Crippen LogP contribution in [0.1, 0.15) is 37.9 Å². The third-order valence-corrected chi connectivity index (χ3v) is 3.64. The van der Waals surface area contributed by atoms with Crippen LogP contribution < -0.4 is 0 Å². The third kappa shape index (κ3) is 4.84. The summed E-state index contributed by atoms with van der Waals surface area (Å²) < 4.78 is 0. The average molecular weight is 284 g/mol. The second kappa shape index (κ2) is 8.18. The number of halogens is 1. The van der Waals surface area contributed by atoms with Crippen molar-refractivity contribution in [2.24, 2.45) is 0 Å². The van der Waals surface area contributed by atoms with Crippen LogP contribution >= 0.6 is 11.6 Å². The second-order valence-electron chi connectivity index (χ2n) is 4.75. The molecule has 1 aromatic carbocycles. The first-order valence-electron chi connectivity index (χ1n) is 6.62. The van der Waals surface area contributed by atoms with E-state index in [-0.39, 0.29) is 11.9 Å². The quantitative estimate of drug-likeness (QED) is 0.617. The van der Waals surface area contributed by atoms with Crippen molar-refractivity contribution in [1.82, 2.24) is 4.90 Å². The first-order valence-corrected chi connectivity index (χ1v) is 7.16. The van der Waals surface area contributed by atoms with Crippen molar-refractivity contribution in [2.45, 2.75) is 38.3 Å². The first-order chi connectivity index (χ1) is 9.07. The lowest BCUT2D eigenvalue weighted by Gasteiger charge is -2.29. The summed E-state index contributed by atoms with van der Waals surface area (Å²) in [4.78, 5) is 13.6. The van der Waals surface area contributed by atoms with Gasteiger partial charge in [0.1, 0.15) is 0 Å². The molecule has 4 heteroatoms. The molecule has 1 rings (SSSR count). The SMILES string of the molecule is C[C@H]([C@H](O)c1ccccc1)N(C)C(=O)CCCCCl. The van der Waals surface area contributed by atoms with Gasteiger partial charge in [0.15, 0.2) is 0 Å². The summed E-state index contributed by atoms with van der Waals surface area (Å²) in [6.45, 7) is 1.86. The number of carbonyl (C=O) groups excluding carboxylic acids is 1. The van der Waals surface area contributed by atoms with Crippen molar-refractivity contribution in [3.8, 4) is 0 Å². The Kier molecular flexibility index (Phi) is 6.89. The van der Waals surface area contributed by atoms with Gasteiger partial charge in [0.25, 0.3) is 0 Å². The minimum absolute atomic E-state index is 0.0487. The monoisotopic (exact) mass is 283 g/mol. The zero-order chi connectivity index (χ0) is 14.3. The van der Waals surface area contributed by atoms with Gasteiger partial charge < -0.3 is 10.0 Å². The minimum Gasteiger partial charge on any atom is -0.386 e. The molecule has 0 aliphatic heterocycles. The highest BCUT2D eigenvalue weighted by Gasteiger charge is 2.23. The second-order valence-corrected chi connectivity index (χ2v) is 5.12. The van der Waals surface area contributed by atoms with E-state index in [1.807, 2.05) is 37.3 Å². The molecule has 0 saturated heterocycles. The average Bonchev–Trinajstić information content (AvgIpc) is 2.46.